The van der Waals surface area contributed by atoms with Crippen molar-refractivity contribution in [1.82, 2.24) is 4.90 Å². The first-order valence-corrected chi connectivity index (χ1v) is 11.3. The highest BCUT2D eigenvalue weighted by atomic mass is 32.1. The lowest BCUT2D eigenvalue weighted by molar-refractivity contribution is 0.0725. The minimum absolute atomic E-state index is 0.00317. The molecule has 1 aromatic heterocycles. The predicted octanol–water partition coefficient (Wildman–Crippen LogP) is 5.61. The summed E-state index contributed by atoms with van der Waals surface area (Å²) in [5, 5.41) is 3.60. The van der Waals surface area contributed by atoms with Crippen LogP contribution < -0.4 is 10.1 Å². The first kappa shape index (κ1) is 21.1. The standard InChI is InChI=1S/C25H26N2O3S/c1-17-21(25(29)27-14-7-4-8-15-27)24(31-22(17)18-10-5-3-6-11-18)26-23(28)19-12-9-13-20(16-19)30-2/h3,5-6,9-13,16H,4,7-8,14-15H2,1-2H3,(H,26,28). The van der Waals surface area contributed by atoms with E-state index in [4.69, 9.17) is 4.74 Å². The van der Waals surface area contributed by atoms with Gasteiger partial charge in [-0.05, 0) is 55.5 Å². The molecule has 160 valence electrons. The minimum atomic E-state index is -0.257. The maximum absolute atomic E-state index is 13.5. The number of carbonyl (C=O) groups is 2. The molecule has 1 fully saturated rings. The number of rotatable bonds is 5. The molecule has 5 nitrogen and oxygen atoms in total. The molecule has 0 unspecified atom stereocenters. The summed E-state index contributed by atoms with van der Waals surface area (Å²) in [6.07, 6.45) is 3.19. The molecule has 1 aliphatic rings. The number of piperidine rings is 1. The topological polar surface area (TPSA) is 58.6 Å². The fourth-order valence-corrected chi connectivity index (χ4v) is 5.12. The van der Waals surface area contributed by atoms with Crippen LogP contribution in [-0.4, -0.2) is 36.9 Å². The molecule has 1 N–H and O–H groups in total. The Bertz CT molecular complexity index is 1090. The van der Waals surface area contributed by atoms with E-state index in [2.05, 4.69) is 5.32 Å². The highest BCUT2D eigenvalue weighted by Gasteiger charge is 2.28. The molecule has 6 heteroatoms. The molecule has 0 saturated carbocycles. The van der Waals surface area contributed by atoms with Crippen LogP contribution in [0.5, 0.6) is 5.75 Å². The van der Waals surface area contributed by atoms with Crippen LogP contribution in [-0.2, 0) is 0 Å². The summed E-state index contributed by atoms with van der Waals surface area (Å²) < 4.78 is 5.24. The van der Waals surface area contributed by atoms with Crippen LogP contribution in [0.1, 0.15) is 45.5 Å². The van der Waals surface area contributed by atoms with Gasteiger partial charge in [-0.15, -0.1) is 11.3 Å². The second-order valence-electron chi connectivity index (χ2n) is 7.67. The van der Waals surface area contributed by atoms with Crippen molar-refractivity contribution in [2.75, 3.05) is 25.5 Å². The third-order valence-electron chi connectivity index (χ3n) is 5.60. The average molecular weight is 435 g/mol. The highest BCUT2D eigenvalue weighted by Crippen LogP contribution is 2.41. The van der Waals surface area contributed by atoms with E-state index >= 15 is 0 Å². The predicted molar refractivity (Wildman–Crippen MR) is 125 cm³/mol. The first-order chi connectivity index (χ1) is 15.1. The van der Waals surface area contributed by atoms with Crippen LogP contribution in [0.3, 0.4) is 0 Å². The van der Waals surface area contributed by atoms with Crippen molar-refractivity contribution in [1.29, 1.82) is 0 Å². The van der Waals surface area contributed by atoms with Gasteiger partial charge in [-0.25, -0.2) is 0 Å². The van der Waals surface area contributed by atoms with Crippen LogP contribution in [0.15, 0.2) is 54.6 Å². The molecule has 1 aliphatic heterocycles. The summed E-state index contributed by atoms with van der Waals surface area (Å²) >= 11 is 1.45. The molecule has 0 atom stereocenters. The van der Waals surface area contributed by atoms with E-state index in [1.165, 1.54) is 11.3 Å². The number of carbonyl (C=O) groups excluding carboxylic acids is 2. The van der Waals surface area contributed by atoms with Crippen molar-refractivity contribution in [3.63, 3.8) is 0 Å². The van der Waals surface area contributed by atoms with Gasteiger partial charge in [-0.1, -0.05) is 36.4 Å². The van der Waals surface area contributed by atoms with Crippen LogP contribution in [0, 0.1) is 6.92 Å². The lowest BCUT2D eigenvalue weighted by Crippen LogP contribution is -2.36. The number of methoxy groups -OCH3 is 1. The van der Waals surface area contributed by atoms with E-state index in [1.54, 1.807) is 31.4 Å². The second-order valence-corrected chi connectivity index (χ2v) is 8.69. The van der Waals surface area contributed by atoms with E-state index in [-0.39, 0.29) is 11.8 Å². The Labute approximate surface area is 186 Å². The van der Waals surface area contributed by atoms with Gasteiger partial charge >= 0.3 is 0 Å². The van der Waals surface area contributed by atoms with E-state index in [0.29, 0.717) is 21.9 Å². The molecular weight excluding hydrogens is 408 g/mol. The molecule has 0 aliphatic carbocycles. The van der Waals surface area contributed by atoms with Gasteiger partial charge in [0.15, 0.2) is 0 Å². The van der Waals surface area contributed by atoms with Crippen LogP contribution in [0.25, 0.3) is 10.4 Å². The number of anilines is 1. The number of likely N-dealkylation sites (tertiary alicyclic amines) is 1. The van der Waals surface area contributed by atoms with Crippen molar-refractivity contribution in [3.05, 3.63) is 71.3 Å². The van der Waals surface area contributed by atoms with Gasteiger partial charge in [0.25, 0.3) is 11.8 Å². The van der Waals surface area contributed by atoms with Crippen LogP contribution >= 0.6 is 11.3 Å². The number of amides is 2. The molecule has 3 aromatic rings. The third kappa shape index (κ3) is 4.49. The third-order valence-corrected chi connectivity index (χ3v) is 6.86. The molecule has 2 heterocycles. The molecule has 0 radical (unpaired) electrons. The van der Waals surface area contributed by atoms with Gasteiger partial charge in [0, 0.05) is 23.5 Å². The van der Waals surface area contributed by atoms with Crippen LogP contribution in [0.4, 0.5) is 5.00 Å². The number of ether oxygens (including phenoxy) is 1. The number of hydrogen-bond acceptors (Lipinski definition) is 4. The number of thiophene rings is 1. The lowest BCUT2D eigenvalue weighted by Gasteiger charge is -2.27. The van der Waals surface area contributed by atoms with Crippen molar-refractivity contribution >= 4 is 28.2 Å². The van der Waals surface area contributed by atoms with Crippen molar-refractivity contribution in [3.8, 4) is 16.2 Å². The minimum Gasteiger partial charge on any atom is -0.497 e. The molecule has 1 saturated heterocycles. The van der Waals surface area contributed by atoms with E-state index < -0.39 is 0 Å². The Balaban J connectivity index is 1.72. The Hall–Kier alpha value is -3.12. The van der Waals surface area contributed by atoms with Crippen molar-refractivity contribution in [2.24, 2.45) is 0 Å². The lowest BCUT2D eigenvalue weighted by atomic mass is 10.0. The summed E-state index contributed by atoms with van der Waals surface area (Å²) in [5.41, 5.74) is 3.04. The Kier molecular flexibility index (Phi) is 6.37. The fraction of sp³-hybridized carbons (Fsp3) is 0.280. The van der Waals surface area contributed by atoms with Gasteiger partial charge in [0.2, 0.25) is 0 Å². The Morgan fingerprint density at radius 3 is 2.45 bits per heavy atom. The smallest absolute Gasteiger partial charge is 0.257 e. The number of benzene rings is 2. The largest absolute Gasteiger partial charge is 0.497 e. The molecular formula is C25H26N2O3S. The zero-order valence-corrected chi connectivity index (χ0v) is 18.6. The summed E-state index contributed by atoms with van der Waals surface area (Å²) in [6.45, 7) is 3.49. The second kappa shape index (κ2) is 9.35. The number of nitrogens with zero attached hydrogens (tertiary/aromatic N) is 1. The maximum Gasteiger partial charge on any atom is 0.257 e. The summed E-state index contributed by atoms with van der Waals surface area (Å²) in [4.78, 5) is 29.4. The molecule has 4 rings (SSSR count). The average Bonchev–Trinajstić information content (AvgIpc) is 3.15. The molecule has 2 aromatic carbocycles. The summed E-state index contributed by atoms with van der Waals surface area (Å²) in [7, 11) is 1.57. The zero-order chi connectivity index (χ0) is 21.8. The van der Waals surface area contributed by atoms with Gasteiger partial charge in [-0.2, -0.15) is 0 Å². The molecule has 31 heavy (non-hydrogen) atoms. The van der Waals surface area contributed by atoms with E-state index in [1.807, 2.05) is 42.2 Å². The zero-order valence-electron chi connectivity index (χ0n) is 17.8. The monoisotopic (exact) mass is 434 g/mol. The molecule has 2 amide bonds. The Morgan fingerprint density at radius 1 is 1.00 bits per heavy atom. The quantitative estimate of drug-likeness (QED) is 0.568. The molecule has 0 bridgehead atoms. The normalized spacial score (nSPS) is 13.7. The summed E-state index contributed by atoms with van der Waals surface area (Å²) in [5.74, 6) is 0.355. The number of hydrogen-bond donors (Lipinski definition) is 1. The van der Waals surface area contributed by atoms with Gasteiger partial charge in [0.1, 0.15) is 10.8 Å². The van der Waals surface area contributed by atoms with Crippen LogP contribution in [0.2, 0.25) is 0 Å². The SMILES string of the molecule is COc1cccc(C(=O)Nc2sc(-c3ccccc3)c(C)c2C(=O)N2CCCCC2)c1. The highest BCUT2D eigenvalue weighted by molar-refractivity contribution is 7.20. The van der Waals surface area contributed by atoms with Gasteiger partial charge in [0.05, 0.1) is 12.7 Å². The van der Waals surface area contributed by atoms with E-state index in [0.717, 1.165) is 48.4 Å². The fourth-order valence-electron chi connectivity index (χ4n) is 3.92. The molecule has 0 spiro atoms. The van der Waals surface area contributed by atoms with Gasteiger partial charge in [-0.3, -0.25) is 9.59 Å². The first-order valence-electron chi connectivity index (χ1n) is 10.5. The Morgan fingerprint density at radius 2 is 1.74 bits per heavy atom. The summed E-state index contributed by atoms with van der Waals surface area (Å²) in [6, 6.07) is 17.0. The van der Waals surface area contributed by atoms with E-state index in [9.17, 15) is 9.59 Å². The van der Waals surface area contributed by atoms with Crippen molar-refractivity contribution < 1.29 is 14.3 Å². The van der Waals surface area contributed by atoms with Gasteiger partial charge < -0.3 is 15.0 Å². The van der Waals surface area contributed by atoms with Crippen molar-refractivity contribution in [2.45, 2.75) is 26.2 Å². The number of nitrogens with one attached hydrogen (secondary N) is 1. The maximum atomic E-state index is 13.5.